The maximum Gasteiger partial charge on any atom is 0.137 e. The lowest BCUT2D eigenvalue weighted by molar-refractivity contribution is 0.161. The number of rotatable bonds is 4. The molecule has 1 saturated heterocycles. The van der Waals surface area contributed by atoms with E-state index in [2.05, 4.69) is 10.00 Å². The molecule has 2 heterocycles. The second-order valence-corrected chi connectivity index (χ2v) is 5.27. The summed E-state index contributed by atoms with van der Waals surface area (Å²) >= 11 is 5.14. The van der Waals surface area contributed by atoms with Gasteiger partial charge in [-0.15, -0.1) is 0 Å². The first-order valence-electron chi connectivity index (χ1n) is 6.11. The topological polar surface area (TPSA) is 56.3 Å². The van der Waals surface area contributed by atoms with Crippen molar-refractivity contribution in [1.82, 2.24) is 9.78 Å². The highest BCUT2D eigenvalue weighted by atomic mass is 32.1. The minimum Gasteiger partial charge on any atom is -0.389 e. The third-order valence-electron chi connectivity index (χ3n) is 3.43. The molecule has 1 aromatic rings. The SMILES string of the molecule is COCC1CCN(c2c(C(N)=S)c(C)nn2C)C1. The summed E-state index contributed by atoms with van der Waals surface area (Å²) in [5.74, 6) is 1.61. The van der Waals surface area contributed by atoms with Crippen LogP contribution < -0.4 is 10.6 Å². The van der Waals surface area contributed by atoms with E-state index in [0.29, 0.717) is 10.9 Å². The number of nitrogens with two attached hydrogens (primary N) is 1. The lowest BCUT2D eigenvalue weighted by Gasteiger charge is -2.20. The Hall–Kier alpha value is -1.14. The highest BCUT2D eigenvalue weighted by Crippen LogP contribution is 2.28. The van der Waals surface area contributed by atoms with Crippen molar-refractivity contribution in [3.8, 4) is 0 Å². The number of methoxy groups -OCH3 is 1. The van der Waals surface area contributed by atoms with E-state index in [1.807, 2.05) is 18.7 Å². The monoisotopic (exact) mass is 268 g/mol. The van der Waals surface area contributed by atoms with Crippen LogP contribution >= 0.6 is 12.2 Å². The molecule has 6 heteroatoms. The molecule has 1 unspecified atom stereocenters. The molecule has 2 N–H and O–H groups in total. The molecule has 0 spiro atoms. The summed E-state index contributed by atoms with van der Waals surface area (Å²) < 4.78 is 7.10. The lowest BCUT2D eigenvalue weighted by atomic mass is 10.1. The van der Waals surface area contributed by atoms with Crippen molar-refractivity contribution < 1.29 is 4.74 Å². The number of ether oxygens (including phenoxy) is 1. The summed E-state index contributed by atoms with van der Waals surface area (Å²) in [6.07, 6.45) is 1.13. The standard InChI is InChI=1S/C12H20N4OS/c1-8-10(11(13)18)12(15(2)14-8)16-5-4-9(6-16)7-17-3/h9H,4-7H2,1-3H3,(H2,13,18). The fraction of sp³-hybridized carbons (Fsp3) is 0.667. The van der Waals surface area contributed by atoms with Gasteiger partial charge in [-0.25, -0.2) is 0 Å². The van der Waals surface area contributed by atoms with Crippen LogP contribution in [0.15, 0.2) is 0 Å². The molecule has 5 nitrogen and oxygen atoms in total. The molecule has 1 aliphatic rings. The number of aryl methyl sites for hydroxylation is 2. The van der Waals surface area contributed by atoms with Crippen molar-refractivity contribution in [2.24, 2.45) is 18.7 Å². The average molecular weight is 268 g/mol. The molecule has 0 saturated carbocycles. The molecule has 1 aliphatic heterocycles. The second-order valence-electron chi connectivity index (χ2n) is 4.83. The van der Waals surface area contributed by atoms with Crippen LogP contribution in [-0.4, -0.2) is 41.6 Å². The first kappa shape index (κ1) is 13.3. The molecule has 100 valence electrons. The molecule has 0 bridgehead atoms. The van der Waals surface area contributed by atoms with Crippen molar-refractivity contribution in [3.63, 3.8) is 0 Å². The van der Waals surface area contributed by atoms with E-state index in [0.717, 1.165) is 43.2 Å². The van der Waals surface area contributed by atoms with Gasteiger partial charge in [0, 0.05) is 33.2 Å². The Morgan fingerprint density at radius 2 is 2.33 bits per heavy atom. The van der Waals surface area contributed by atoms with E-state index in [-0.39, 0.29) is 0 Å². The van der Waals surface area contributed by atoms with Crippen LogP contribution in [-0.2, 0) is 11.8 Å². The number of hydrogen-bond acceptors (Lipinski definition) is 4. The van der Waals surface area contributed by atoms with Crippen LogP contribution in [0.3, 0.4) is 0 Å². The number of aromatic nitrogens is 2. The molecular weight excluding hydrogens is 248 g/mol. The summed E-state index contributed by atoms with van der Waals surface area (Å²) in [6, 6.07) is 0. The van der Waals surface area contributed by atoms with E-state index in [1.165, 1.54) is 0 Å². The Morgan fingerprint density at radius 3 is 2.94 bits per heavy atom. The zero-order valence-corrected chi connectivity index (χ0v) is 12.0. The molecule has 2 rings (SSSR count). The Bertz CT molecular complexity index is 457. The molecule has 0 aliphatic carbocycles. The second kappa shape index (κ2) is 5.24. The van der Waals surface area contributed by atoms with Gasteiger partial charge < -0.3 is 15.4 Å². The predicted octanol–water partition coefficient (Wildman–Crippen LogP) is 0.835. The maximum atomic E-state index is 5.82. The van der Waals surface area contributed by atoms with Gasteiger partial charge in [0.2, 0.25) is 0 Å². The van der Waals surface area contributed by atoms with E-state index in [9.17, 15) is 0 Å². The summed E-state index contributed by atoms with van der Waals surface area (Å²) in [6.45, 7) is 4.72. The molecule has 1 fully saturated rings. The van der Waals surface area contributed by atoms with Gasteiger partial charge in [0.1, 0.15) is 10.8 Å². The first-order chi connectivity index (χ1) is 8.54. The molecule has 0 aromatic carbocycles. The molecule has 1 aromatic heterocycles. The quantitative estimate of drug-likeness (QED) is 0.820. The molecule has 18 heavy (non-hydrogen) atoms. The van der Waals surface area contributed by atoms with Gasteiger partial charge in [-0.3, -0.25) is 4.68 Å². The Balaban J connectivity index is 2.26. The molecule has 1 atom stereocenters. The van der Waals surface area contributed by atoms with Crippen LogP contribution in [0.2, 0.25) is 0 Å². The zero-order chi connectivity index (χ0) is 13.3. The summed E-state index contributed by atoms with van der Waals surface area (Å²) in [5, 5.41) is 4.42. The van der Waals surface area contributed by atoms with Crippen LogP contribution in [0.5, 0.6) is 0 Å². The van der Waals surface area contributed by atoms with Crippen molar-refractivity contribution in [3.05, 3.63) is 11.3 Å². The fourth-order valence-electron chi connectivity index (χ4n) is 2.69. The van der Waals surface area contributed by atoms with Crippen LogP contribution in [0.4, 0.5) is 5.82 Å². The van der Waals surface area contributed by atoms with Gasteiger partial charge in [0.15, 0.2) is 0 Å². The number of nitrogens with zero attached hydrogens (tertiary/aromatic N) is 3. The molecule has 0 radical (unpaired) electrons. The van der Waals surface area contributed by atoms with Crippen molar-refractivity contribution in [2.45, 2.75) is 13.3 Å². The maximum absolute atomic E-state index is 5.82. The summed E-state index contributed by atoms with van der Waals surface area (Å²) in [7, 11) is 3.69. The van der Waals surface area contributed by atoms with Gasteiger partial charge in [0.25, 0.3) is 0 Å². The largest absolute Gasteiger partial charge is 0.389 e. The number of hydrogen-bond donors (Lipinski definition) is 1. The number of thiocarbonyl (C=S) groups is 1. The smallest absolute Gasteiger partial charge is 0.137 e. The van der Waals surface area contributed by atoms with Crippen molar-refractivity contribution in [1.29, 1.82) is 0 Å². The van der Waals surface area contributed by atoms with E-state index < -0.39 is 0 Å². The van der Waals surface area contributed by atoms with E-state index in [4.69, 9.17) is 22.7 Å². The van der Waals surface area contributed by atoms with Crippen molar-refractivity contribution >= 4 is 23.0 Å². The van der Waals surface area contributed by atoms with Crippen LogP contribution in [0.25, 0.3) is 0 Å². The van der Waals surface area contributed by atoms with Crippen LogP contribution in [0, 0.1) is 12.8 Å². The highest BCUT2D eigenvalue weighted by molar-refractivity contribution is 7.80. The molecular formula is C12H20N4OS. The fourth-order valence-corrected chi connectivity index (χ4v) is 2.93. The third-order valence-corrected chi connectivity index (χ3v) is 3.63. The Labute approximate surface area is 113 Å². The first-order valence-corrected chi connectivity index (χ1v) is 6.52. The van der Waals surface area contributed by atoms with Crippen molar-refractivity contribution in [2.75, 3.05) is 31.7 Å². The van der Waals surface area contributed by atoms with Crippen LogP contribution in [0.1, 0.15) is 17.7 Å². The summed E-state index contributed by atoms with van der Waals surface area (Å²) in [4.78, 5) is 2.73. The van der Waals surface area contributed by atoms with E-state index >= 15 is 0 Å². The average Bonchev–Trinajstić information content (AvgIpc) is 2.83. The highest BCUT2D eigenvalue weighted by Gasteiger charge is 2.28. The van der Waals surface area contributed by atoms with Gasteiger partial charge in [-0.1, -0.05) is 12.2 Å². The summed E-state index contributed by atoms with van der Waals surface area (Å²) in [5.41, 5.74) is 7.62. The lowest BCUT2D eigenvalue weighted by Crippen LogP contribution is -2.26. The van der Waals surface area contributed by atoms with Gasteiger partial charge >= 0.3 is 0 Å². The van der Waals surface area contributed by atoms with Gasteiger partial charge in [-0.2, -0.15) is 5.10 Å². The van der Waals surface area contributed by atoms with Gasteiger partial charge in [-0.05, 0) is 13.3 Å². The Kier molecular flexibility index (Phi) is 3.87. The number of anilines is 1. The van der Waals surface area contributed by atoms with Gasteiger partial charge in [0.05, 0.1) is 17.9 Å². The zero-order valence-electron chi connectivity index (χ0n) is 11.1. The van der Waals surface area contributed by atoms with E-state index in [1.54, 1.807) is 7.11 Å². The predicted molar refractivity (Wildman–Crippen MR) is 76.0 cm³/mol. The Morgan fingerprint density at radius 1 is 1.61 bits per heavy atom. The molecule has 0 amide bonds. The normalized spacial score (nSPS) is 19.5. The third kappa shape index (κ3) is 2.35. The minimum atomic E-state index is 0.422. The minimum absolute atomic E-state index is 0.422.